The van der Waals surface area contributed by atoms with Gasteiger partial charge in [0.2, 0.25) is 0 Å². The number of hydrogen-bond acceptors (Lipinski definition) is 3. The van der Waals surface area contributed by atoms with Gasteiger partial charge in [0.15, 0.2) is 0 Å². The molecule has 1 N–H and O–H groups in total. The van der Waals surface area contributed by atoms with Gasteiger partial charge in [0.25, 0.3) is 0 Å². The summed E-state index contributed by atoms with van der Waals surface area (Å²) in [5.41, 5.74) is -1.06. The first-order valence-electron chi connectivity index (χ1n) is 19.6. The predicted octanol–water partition coefficient (Wildman–Crippen LogP) is 12.9. The maximum atomic E-state index is 13.4. The number of carboxylic acids is 1. The summed E-state index contributed by atoms with van der Waals surface area (Å²) in [4.78, 5) is 25.3. The van der Waals surface area contributed by atoms with E-state index in [9.17, 15) is 14.7 Å². The molecule has 0 saturated heterocycles. The average Bonchev–Trinajstić information content (AvgIpc) is 3.01. The van der Waals surface area contributed by atoms with Crippen molar-refractivity contribution in [3.05, 3.63) is 12.2 Å². The third-order valence-electron chi connectivity index (χ3n) is 10.1. The molecule has 1 aliphatic rings. The summed E-state index contributed by atoms with van der Waals surface area (Å²) < 4.78 is 6.13. The molecule has 44 heavy (non-hydrogen) atoms. The molecular weight excluding hydrogens is 544 g/mol. The maximum absolute atomic E-state index is 13.4. The fourth-order valence-electron chi connectivity index (χ4n) is 6.92. The van der Waals surface area contributed by atoms with E-state index in [-0.39, 0.29) is 12.1 Å². The SMILES string of the molecule is CCCCCCCCCCCCCCCCCC(CCCCCCCCCCCCC)OC(=O)C1(C)C=CCCC1C(=O)O. The minimum Gasteiger partial charge on any atom is -0.481 e. The highest BCUT2D eigenvalue weighted by molar-refractivity contribution is 5.86. The van der Waals surface area contributed by atoms with E-state index in [1.165, 1.54) is 154 Å². The van der Waals surface area contributed by atoms with Crippen molar-refractivity contribution < 1.29 is 19.4 Å². The number of hydrogen-bond donors (Lipinski definition) is 1. The van der Waals surface area contributed by atoms with Crippen LogP contribution in [0, 0.1) is 11.3 Å². The Bertz CT molecular complexity index is 716. The zero-order valence-electron chi connectivity index (χ0n) is 29.7. The Hall–Kier alpha value is -1.32. The van der Waals surface area contributed by atoms with Crippen LogP contribution in [0.5, 0.6) is 0 Å². The number of carboxylic acid groups (broad SMARTS) is 1. The van der Waals surface area contributed by atoms with Crippen LogP contribution in [0.15, 0.2) is 12.2 Å². The maximum Gasteiger partial charge on any atom is 0.316 e. The lowest BCUT2D eigenvalue weighted by molar-refractivity contribution is -0.168. The molecule has 0 heterocycles. The van der Waals surface area contributed by atoms with Crippen molar-refractivity contribution in [2.75, 3.05) is 0 Å². The molecule has 1 aliphatic carbocycles. The summed E-state index contributed by atoms with van der Waals surface area (Å²) in [6, 6.07) is 0. The van der Waals surface area contributed by atoms with Gasteiger partial charge in [-0.3, -0.25) is 9.59 Å². The number of unbranched alkanes of at least 4 members (excludes halogenated alkanes) is 24. The number of carbonyl (C=O) groups excluding carboxylic acids is 1. The molecule has 4 nitrogen and oxygen atoms in total. The lowest BCUT2D eigenvalue weighted by Crippen LogP contribution is -2.42. The Morgan fingerprint density at radius 2 is 0.977 bits per heavy atom. The van der Waals surface area contributed by atoms with Gasteiger partial charge in [-0.1, -0.05) is 180 Å². The summed E-state index contributed by atoms with van der Waals surface area (Å²) in [6.45, 7) is 6.31. The van der Waals surface area contributed by atoms with E-state index in [1.54, 1.807) is 13.0 Å². The highest BCUT2D eigenvalue weighted by Crippen LogP contribution is 2.39. The third kappa shape index (κ3) is 19.9. The van der Waals surface area contributed by atoms with Crippen molar-refractivity contribution in [1.29, 1.82) is 0 Å². The quantitative estimate of drug-likeness (QED) is 0.0477. The van der Waals surface area contributed by atoms with Gasteiger partial charge in [0, 0.05) is 0 Å². The molecule has 4 heteroatoms. The molecule has 3 unspecified atom stereocenters. The van der Waals surface area contributed by atoms with Crippen LogP contribution in [0.1, 0.15) is 213 Å². The largest absolute Gasteiger partial charge is 0.481 e. The van der Waals surface area contributed by atoms with Crippen molar-refractivity contribution in [3.63, 3.8) is 0 Å². The smallest absolute Gasteiger partial charge is 0.316 e. The van der Waals surface area contributed by atoms with Crippen molar-refractivity contribution in [2.45, 2.75) is 219 Å². The number of ether oxygens (including phenoxy) is 1. The van der Waals surface area contributed by atoms with Gasteiger partial charge in [0.1, 0.15) is 6.10 Å². The molecule has 0 fully saturated rings. The van der Waals surface area contributed by atoms with E-state index >= 15 is 0 Å². The van der Waals surface area contributed by atoms with Gasteiger partial charge in [-0.15, -0.1) is 0 Å². The Morgan fingerprint density at radius 1 is 0.636 bits per heavy atom. The first-order valence-corrected chi connectivity index (χ1v) is 19.6. The van der Waals surface area contributed by atoms with E-state index in [0.717, 1.165) is 25.7 Å². The van der Waals surface area contributed by atoms with Gasteiger partial charge in [-0.05, 0) is 45.4 Å². The van der Waals surface area contributed by atoms with E-state index < -0.39 is 17.3 Å². The van der Waals surface area contributed by atoms with E-state index in [4.69, 9.17) is 4.74 Å². The molecule has 0 bridgehead atoms. The van der Waals surface area contributed by atoms with Crippen LogP contribution in [0.2, 0.25) is 0 Å². The normalized spacial score (nSPS) is 18.8. The zero-order valence-corrected chi connectivity index (χ0v) is 29.7. The fourth-order valence-corrected chi connectivity index (χ4v) is 6.92. The number of allylic oxidation sites excluding steroid dienone is 1. The molecule has 3 atom stereocenters. The van der Waals surface area contributed by atoms with Crippen LogP contribution in [0.3, 0.4) is 0 Å². The Kier molecular flexibility index (Phi) is 25.9. The summed E-state index contributed by atoms with van der Waals surface area (Å²) in [6.07, 6.45) is 41.2. The van der Waals surface area contributed by atoms with Gasteiger partial charge in [0.05, 0.1) is 11.3 Å². The lowest BCUT2D eigenvalue weighted by Gasteiger charge is -2.34. The minimum atomic E-state index is -1.06. The molecule has 0 spiro atoms. The number of rotatable bonds is 31. The number of carbonyl (C=O) groups is 2. The van der Waals surface area contributed by atoms with Crippen molar-refractivity contribution >= 4 is 11.9 Å². The molecule has 0 radical (unpaired) electrons. The molecule has 0 amide bonds. The molecule has 0 aromatic rings. The highest BCUT2D eigenvalue weighted by atomic mass is 16.5. The molecular formula is C40H74O4. The summed E-state index contributed by atoms with van der Waals surface area (Å²) in [5.74, 6) is -1.93. The Balaban J connectivity index is 2.32. The van der Waals surface area contributed by atoms with Crippen molar-refractivity contribution in [1.82, 2.24) is 0 Å². The number of esters is 1. The Morgan fingerprint density at radius 3 is 1.32 bits per heavy atom. The van der Waals surface area contributed by atoms with Crippen LogP contribution in [0.25, 0.3) is 0 Å². The average molecular weight is 619 g/mol. The summed E-state index contributed by atoms with van der Waals surface area (Å²) in [5, 5.41) is 9.78. The molecule has 0 aromatic heterocycles. The van der Waals surface area contributed by atoms with E-state index in [2.05, 4.69) is 13.8 Å². The topological polar surface area (TPSA) is 63.6 Å². The van der Waals surface area contributed by atoms with Crippen LogP contribution >= 0.6 is 0 Å². The van der Waals surface area contributed by atoms with Crippen LogP contribution < -0.4 is 0 Å². The predicted molar refractivity (Wildman–Crippen MR) is 188 cm³/mol. The van der Waals surface area contributed by atoms with Crippen LogP contribution in [-0.4, -0.2) is 23.1 Å². The van der Waals surface area contributed by atoms with Crippen molar-refractivity contribution in [2.24, 2.45) is 11.3 Å². The van der Waals surface area contributed by atoms with E-state index in [0.29, 0.717) is 12.8 Å². The first-order chi connectivity index (χ1) is 21.5. The molecule has 0 aromatic carbocycles. The van der Waals surface area contributed by atoms with Gasteiger partial charge in [-0.25, -0.2) is 0 Å². The van der Waals surface area contributed by atoms with Crippen LogP contribution in [0.4, 0.5) is 0 Å². The minimum absolute atomic E-state index is 0.0929. The zero-order chi connectivity index (χ0) is 32.1. The molecule has 0 aliphatic heterocycles. The highest BCUT2D eigenvalue weighted by Gasteiger charge is 2.46. The second kappa shape index (κ2) is 27.9. The standard InChI is InChI=1S/C40H74O4/c1-4-6-8-10-12-14-16-17-18-19-21-23-25-27-29-33-36(32-28-26-24-22-20-15-13-11-9-7-5-2)44-39(43)40(3)35-31-30-34-37(40)38(41)42/h31,35-37H,4-30,32-34H2,1-3H3,(H,41,42). The summed E-state index contributed by atoms with van der Waals surface area (Å²) >= 11 is 0. The number of aliphatic carboxylic acids is 1. The van der Waals surface area contributed by atoms with Gasteiger partial charge >= 0.3 is 11.9 Å². The monoisotopic (exact) mass is 619 g/mol. The van der Waals surface area contributed by atoms with Crippen LogP contribution in [-0.2, 0) is 14.3 Å². The Labute approximate surface area is 274 Å². The van der Waals surface area contributed by atoms with Crippen molar-refractivity contribution in [3.8, 4) is 0 Å². The lowest BCUT2D eigenvalue weighted by atomic mass is 9.71. The second-order valence-corrected chi connectivity index (χ2v) is 14.2. The fraction of sp³-hybridized carbons (Fsp3) is 0.900. The second-order valence-electron chi connectivity index (χ2n) is 14.2. The summed E-state index contributed by atoms with van der Waals surface area (Å²) in [7, 11) is 0. The van der Waals surface area contributed by atoms with Gasteiger partial charge < -0.3 is 9.84 Å². The third-order valence-corrected chi connectivity index (χ3v) is 10.1. The van der Waals surface area contributed by atoms with Gasteiger partial charge in [-0.2, -0.15) is 0 Å². The molecule has 0 saturated carbocycles. The molecule has 1 rings (SSSR count). The molecule has 258 valence electrons. The van der Waals surface area contributed by atoms with E-state index in [1.807, 2.05) is 6.08 Å². The first kappa shape index (κ1) is 40.7.